The molecule has 0 aliphatic heterocycles. The minimum Gasteiger partial charge on any atom is -0.497 e. The highest BCUT2D eigenvalue weighted by atomic mass is 32.2. The van der Waals surface area contributed by atoms with Gasteiger partial charge in [0.1, 0.15) is 5.75 Å². The smallest absolute Gasteiger partial charge is 0.335 e. The molecule has 1 aliphatic rings. The van der Waals surface area contributed by atoms with E-state index >= 15 is 0 Å². The molecule has 0 saturated carbocycles. The first kappa shape index (κ1) is 17.5. The molecule has 23 heavy (non-hydrogen) atoms. The molecule has 0 spiro atoms. The zero-order valence-electron chi connectivity index (χ0n) is 13.4. The summed E-state index contributed by atoms with van der Waals surface area (Å²) in [5.74, 6) is 0.0599. The van der Waals surface area contributed by atoms with Crippen LogP contribution in [0.3, 0.4) is 0 Å². The molecule has 5 nitrogen and oxygen atoms in total. The average molecular weight is 338 g/mol. The van der Waals surface area contributed by atoms with Gasteiger partial charge in [-0.1, -0.05) is 18.2 Å². The summed E-state index contributed by atoms with van der Waals surface area (Å²) in [6, 6.07) is 6.92. The van der Waals surface area contributed by atoms with Gasteiger partial charge in [-0.25, -0.2) is 13.2 Å². The monoisotopic (exact) mass is 338 g/mol. The van der Waals surface area contributed by atoms with E-state index in [1.165, 1.54) is 0 Å². The lowest BCUT2D eigenvalue weighted by Crippen LogP contribution is -2.31. The molecule has 0 N–H and O–H groups in total. The van der Waals surface area contributed by atoms with Gasteiger partial charge in [-0.2, -0.15) is 0 Å². The first-order chi connectivity index (χ1) is 11.0. The summed E-state index contributed by atoms with van der Waals surface area (Å²) in [6.07, 6.45) is 3.64. The topological polar surface area (TPSA) is 69.7 Å². The van der Waals surface area contributed by atoms with Crippen LogP contribution in [-0.4, -0.2) is 33.4 Å². The lowest BCUT2D eigenvalue weighted by molar-refractivity contribution is -0.138. The third-order valence-electron chi connectivity index (χ3n) is 3.85. The Bertz CT molecular complexity index is 673. The van der Waals surface area contributed by atoms with E-state index in [1.54, 1.807) is 44.4 Å². The molecule has 1 atom stereocenters. The predicted molar refractivity (Wildman–Crippen MR) is 88.0 cm³/mol. The Morgan fingerprint density at radius 2 is 1.96 bits per heavy atom. The van der Waals surface area contributed by atoms with E-state index in [2.05, 4.69) is 0 Å². The van der Waals surface area contributed by atoms with E-state index in [9.17, 15) is 13.2 Å². The number of carbonyl (C=O) groups is 1. The third kappa shape index (κ3) is 4.34. The molecule has 0 aromatic heterocycles. The van der Waals surface area contributed by atoms with Crippen LogP contribution in [0.4, 0.5) is 0 Å². The summed E-state index contributed by atoms with van der Waals surface area (Å²) in [4.78, 5) is 12.0. The molecule has 0 radical (unpaired) electrons. The molecule has 0 fully saturated rings. The lowest BCUT2D eigenvalue weighted by Gasteiger charge is -2.23. The van der Waals surface area contributed by atoms with Crippen LogP contribution in [0, 0.1) is 0 Å². The highest BCUT2D eigenvalue weighted by Crippen LogP contribution is 2.28. The molecular weight excluding hydrogens is 316 g/mol. The van der Waals surface area contributed by atoms with Crippen LogP contribution in [-0.2, 0) is 25.1 Å². The van der Waals surface area contributed by atoms with Gasteiger partial charge in [-0.3, -0.25) is 0 Å². The van der Waals surface area contributed by atoms with Crippen molar-refractivity contribution in [1.29, 1.82) is 0 Å². The summed E-state index contributed by atoms with van der Waals surface area (Å²) in [5, 5.41) is -0.780. The maximum atomic E-state index is 12.7. The number of esters is 1. The number of sulfone groups is 1. The first-order valence-electron chi connectivity index (χ1n) is 7.69. The van der Waals surface area contributed by atoms with Gasteiger partial charge >= 0.3 is 5.97 Å². The second kappa shape index (κ2) is 7.64. The normalized spacial score (nSPS) is 18.2. The number of rotatable bonds is 6. The van der Waals surface area contributed by atoms with Crippen LogP contribution < -0.4 is 4.74 Å². The molecule has 1 unspecified atom stereocenters. The standard InChI is InChI=1S/C17H22O5S/c1-3-22-17(18)15-6-4-5-7-16(15)23(19,20)12-13-8-10-14(21-2)11-9-13/h6,8-11,16H,3-5,7,12H2,1-2H3. The summed E-state index contributed by atoms with van der Waals surface area (Å²) >= 11 is 0. The van der Waals surface area contributed by atoms with Crippen LogP contribution in [0.15, 0.2) is 35.9 Å². The van der Waals surface area contributed by atoms with Crippen LogP contribution in [0.2, 0.25) is 0 Å². The van der Waals surface area contributed by atoms with E-state index in [4.69, 9.17) is 9.47 Å². The highest BCUT2D eigenvalue weighted by molar-refractivity contribution is 7.91. The van der Waals surface area contributed by atoms with Crippen molar-refractivity contribution in [2.45, 2.75) is 37.2 Å². The first-order valence-corrected chi connectivity index (χ1v) is 9.41. The molecule has 6 heteroatoms. The minimum absolute atomic E-state index is 0.0988. The number of benzene rings is 1. The highest BCUT2D eigenvalue weighted by Gasteiger charge is 2.34. The molecule has 0 bridgehead atoms. The molecule has 1 aromatic rings. The Balaban J connectivity index is 2.20. The summed E-state index contributed by atoms with van der Waals surface area (Å²) in [7, 11) is -1.92. The Morgan fingerprint density at radius 3 is 2.57 bits per heavy atom. The maximum Gasteiger partial charge on any atom is 0.335 e. The Morgan fingerprint density at radius 1 is 1.26 bits per heavy atom. The second-order valence-corrected chi connectivity index (χ2v) is 7.64. The van der Waals surface area contributed by atoms with Gasteiger partial charge in [0.05, 0.1) is 30.3 Å². The molecule has 0 heterocycles. The van der Waals surface area contributed by atoms with Crippen molar-refractivity contribution >= 4 is 15.8 Å². The summed E-state index contributed by atoms with van der Waals surface area (Å²) in [6.45, 7) is 1.95. The number of allylic oxidation sites excluding steroid dienone is 1. The molecule has 1 aromatic carbocycles. The summed E-state index contributed by atoms with van der Waals surface area (Å²) < 4.78 is 35.6. The minimum atomic E-state index is -3.48. The summed E-state index contributed by atoms with van der Waals surface area (Å²) in [5.41, 5.74) is 0.964. The van der Waals surface area contributed by atoms with Gasteiger partial charge in [0.2, 0.25) is 0 Å². The Labute approximate surface area is 137 Å². The van der Waals surface area contributed by atoms with Gasteiger partial charge in [-0.05, 0) is 43.9 Å². The van der Waals surface area contributed by atoms with Crippen LogP contribution in [0.5, 0.6) is 5.75 Å². The molecule has 2 rings (SSSR count). The van der Waals surface area contributed by atoms with Crippen molar-refractivity contribution in [2.75, 3.05) is 13.7 Å². The molecule has 1 aliphatic carbocycles. The van der Waals surface area contributed by atoms with E-state index in [-0.39, 0.29) is 17.9 Å². The zero-order valence-corrected chi connectivity index (χ0v) is 14.3. The lowest BCUT2D eigenvalue weighted by atomic mass is 9.99. The van der Waals surface area contributed by atoms with Crippen molar-refractivity contribution in [3.8, 4) is 5.75 Å². The van der Waals surface area contributed by atoms with Gasteiger partial charge in [-0.15, -0.1) is 0 Å². The van der Waals surface area contributed by atoms with Crippen molar-refractivity contribution in [3.63, 3.8) is 0 Å². The molecule has 126 valence electrons. The van der Waals surface area contributed by atoms with Gasteiger partial charge in [0.15, 0.2) is 9.84 Å². The fourth-order valence-electron chi connectivity index (χ4n) is 2.70. The number of hydrogen-bond donors (Lipinski definition) is 0. The van der Waals surface area contributed by atoms with Crippen LogP contribution >= 0.6 is 0 Å². The maximum absolute atomic E-state index is 12.7. The molecular formula is C17H22O5S. The van der Waals surface area contributed by atoms with E-state index in [0.29, 0.717) is 24.2 Å². The number of methoxy groups -OCH3 is 1. The second-order valence-electron chi connectivity index (χ2n) is 5.45. The van der Waals surface area contributed by atoms with Crippen molar-refractivity contribution in [1.82, 2.24) is 0 Å². The SMILES string of the molecule is CCOC(=O)C1=CCCCC1S(=O)(=O)Cc1ccc(OC)cc1. The Hall–Kier alpha value is -1.82. The van der Waals surface area contributed by atoms with E-state index < -0.39 is 21.1 Å². The fraction of sp³-hybridized carbons (Fsp3) is 0.471. The fourth-order valence-corrected chi connectivity index (χ4v) is 4.67. The molecule has 0 saturated heterocycles. The van der Waals surface area contributed by atoms with Gasteiger partial charge < -0.3 is 9.47 Å². The van der Waals surface area contributed by atoms with Crippen molar-refractivity contribution in [2.24, 2.45) is 0 Å². The molecule has 0 amide bonds. The van der Waals surface area contributed by atoms with Crippen molar-refractivity contribution < 1.29 is 22.7 Å². The quantitative estimate of drug-likeness (QED) is 0.746. The van der Waals surface area contributed by atoms with Crippen LogP contribution in [0.25, 0.3) is 0 Å². The van der Waals surface area contributed by atoms with E-state index in [0.717, 1.165) is 6.42 Å². The predicted octanol–water partition coefficient (Wildman–Crippen LogP) is 2.65. The van der Waals surface area contributed by atoms with Crippen molar-refractivity contribution in [3.05, 3.63) is 41.5 Å². The number of carbonyl (C=O) groups excluding carboxylic acids is 1. The average Bonchev–Trinajstić information content (AvgIpc) is 2.55. The number of hydrogen-bond acceptors (Lipinski definition) is 5. The number of ether oxygens (including phenoxy) is 2. The Kier molecular flexibility index (Phi) is 5.82. The van der Waals surface area contributed by atoms with Gasteiger partial charge in [0, 0.05) is 0 Å². The van der Waals surface area contributed by atoms with E-state index in [1.807, 2.05) is 0 Å². The van der Waals surface area contributed by atoms with Gasteiger partial charge in [0.25, 0.3) is 0 Å². The zero-order chi connectivity index (χ0) is 16.9. The van der Waals surface area contributed by atoms with Crippen LogP contribution in [0.1, 0.15) is 31.7 Å². The largest absolute Gasteiger partial charge is 0.497 e. The third-order valence-corrected chi connectivity index (χ3v) is 5.95.